The number of benzene rings is 18. The summed E-state index contributed by atoms with van der Waals surface area (Å²) in [4.78, 5) is 16.9. The lowest BCUT2D eigenvalue weighted by Gasteiger charge is -2.66. The van der Waals surface area contributed by atoms with Crippen LogP contribution in [0.15, 0.2) is 29.5 Å². The van der Waals surface area contributed by atoms with E-state index >= 15 is 0 Å². The number of likely N-dealkylation sites (tertiary alicyclic amines) is 1. The molecule has 3 nitrogen and oxygen atoms in total. The summed E-state index contributed by atoms with van der Waals surface area (Å²) in [5.74, 6) is 2.48. The molecule has 4 saturated carbocycles. The van der Waals surface area contributed by atoms with Gasteiger partial charge in [-0.1, -0.05) is 19.9 Å². The third-order valence-electron chi connectivity index (χ3n) is 35.1. The van der Waals surface area contributed by atoms with Crippen molar-refractivity contribution >= 4 is 297 Å². The first kappa shape index (κ1) is 38.0. The lowest BCUT2D eigenvalue weighted by molar-refractivity contribution is -0.163. The van der Waals surface area contributed by atoms with E-state index in [2.05, 4.69) is 31.5 Å². The zero-order chi connectivity index (χ0) is 55.2. The Hall–Kier alpha value is -8.85. The standard InChI is InChI=1S/C87H37NO2/c1-83-14-15-85(16-19(83)8-9-20-21-10-11-23(84(21,2)13-12-22(20)83)90-82(89)18-6-4-5-7-18)87-80-74-68-58-46-38-30-26-24-25-28-32(30)40(46)50-44-36(28)37-29(25)33-31-27(24)35-34(26)42-48(38)56-62-52(42)53-43(35)49-39(31)47-41(33)51-45(37)55-54(44)66(60(50)68)76(80)77-67(55)61(51)69-59(47)65-57(49)63(53)71-70(62)78(72(74)64(56)58)86(87,17-88(85)3)79(71)73(65)75(69)81(77)87/h4-6,19-23H,8-17H2,1-3H3/t19-,20-,21-,22-,23-,83-,84-,85-,86?,87?/m0/s1. The molecule has 0 radical (unpaired) electrons. The fourth-order valence-electron chi connectivity index (χ4n) is 34.1. The number of carbonyl (C=O) groups is 1. The van der Waals surface area contributed by atoms with Gasteiger partial charge in [0.05, 0.1) is 10.8 Å². The van der Waals surface area contributed by atoms with Crippen LogP contribution in [-0.4, -0.2) is 36.1 Å². The van der Waals surface area contributed by atoms with Crippen molar-refractivity contribution in [2.75, 3.05) is 13.6 Å². The lowest BCUT2D eigenvalue weighted by Crippen LogP contribution is -2.66. The van der Waals surface area contributed by atoms with Gasteiger partial charge in [-0.2, -0.15) is 0 Å². The first-order valence-electron chi connectivity index (χ1n) is 35.2. The van der Waals surface area contributed by atoms with E-state index in [0.717, 1.165) is 13.0 Å². The molecule has 0 N–H and O–H groups in total. The van der Waals surface area contributed by atoms with Crippen LogP contribution in [0.25, 0.3) is 291 Å². The van der Waals surface area contributed by atoms with Gasteiger partial charge in [0.2, 0.25) is 0 Å². The van der Waals surface area contributed by atoms with Crippen LogP contribution in [0.5, 0.6) is 0 Å². The number of likely N-dealkylation sites (N-methyl/N-ethyl adjacent to an activating group) is 1. The highest BCUT2D eigenvalue weighted by Crippen LogP contribution is 2.88. The molecule has 5 fully saturated rings. The summed E-state index contributed by atoms with van der Waals surface area (Å²) in [6.07, 6.45) is 16.8. The second-order valence-corrected chi connectivity index (χ2v) is 35.3. The minimum atomic E-state index is -0.259. The smallest absolute Gasteiger partial charge is 0.346 e. The molecule has 402 valence electrons. The number of hydrogen-bond donors (Lipinski definition) is 0. The van der Waals surface area contributed by atoms with Crippen molar-refractivity contribution < 1.29 is 9.53 Å². The zero-order valence-corrected chi connectivity index (χ0v) is 49.0. The average molecular weight is 1130 g/mol. The van der Waals surface area contributed by atoms with Crippen LogP contribution >= 0.6 is 0 Å². The molecule has 1 heterocycles. The molecule has 1 aliphatic heterocycles. The van der Waals surface area contributed by atoms with Crippen molar-refractivity contribution in [3.05, 3.63) is 51.8 Å². The van der Waals surface area contributed by atoms with Crippen LogP contribution in [-0.2, 0) is 20.4 Å². The topological polar surface area (TPSA) is 29.5 Å². The first-order valence-corrected chi connectivity index (χ1v) is 35.2. The number of carbonyl (C=O) groups excluding carboxylic acids is 1. The highest BCUT2D eigenvalue weighted by atomic mass is 16.5. The maximum Gasteiger partial charge on any atom is 0.346 e. The molecule has 0 aromatic heterocycles. The van der Waals surface area contributed by atoms with Crippen molar-refractivity contribution in [2.45, 2.75) is 94.1 Å². The van der Waals surface area contributed by atoms with Gasteiger partial charge in [-0.25, -0.2) is 4.79 Å². The Bertz CT molecular complexity index is 8130. The molecule has 9 aliphatic carbocycles. The van der Waals surface area contributed by atoms with Gasteiger partial charge < -0.3 is 4.74 Å². The van der Waals surface area contributed by atoms with Gasteiger partial charge in [0.25, 0.3) is 0 Å². The van der Waals surface area contributed by atoms with Crippen molar-refractivity contribution in [1.82, 2.24) is 4.90 Å². The van der Waals surface area contributed by atoms with Gasteiger partial charge in [0.15, 0.2) is 0 Å². The number of hydrogen-bond acceptors (Lipinski definition) is 3. The second-order valence-electron chi connectivity index (χ2n) is 35.3. The third-order valence-corrected chi connectivity index (χ3v) is 35.1. The Morgan fingerprint density at radius 1 is 0.400 bits per heavy atom. The fourth-order valence-corrected chi connectivity index (χ4v) is 34.1. The summed E-state index contributed by atoms with van der Waals surface area (Å²) < 4.78 is 6.59. The summed E-state index contributed by atoms with van der Waals surface area (Å²) in [5, 5.41) is 91.9. The molecule has 10 aliphatic rings. The Kier molecular flexibility index (Phi) is 3.87. The molecule has 3 heteroatoms. The second kappa shape index (κ2) is 9.16. The Morgan fingerprint density at radius 3 is 1.10 bits per heavy atom. The maximum atomic E-state index is 13.7. The fraction of sp³-hybridized carbons (Fsp3) is 0.264. The van der Waals surface area contributed by atoms with E-state index in [1.807, 2.05) is 40.5 Å². The summed E-state index contributed by atoms with van der Waals surface area (Å²) in [6.45, 7) is 6.53. The van der Waals surface area contributed by atoms with Gasteiger partial charge in [0, 0.05) is 17.5 Å². The van der Waals surface area contributed by atoms with E-state index in [1.165, 1.54) is 51.4 Å². The third kappa shape index (κ3) is 2.29. The Labute approximate surface area is 502 Å². The molecule has 1 saturated heterocycles. The van der Waals surface area contributed by atoms with Gasteiger partial charge in [-0.05, 0) is 419 Å². The maximum absolute atomic E-state index is 13.7. The number of nitrogens with zero attached hydrogens (tertiary/aromatic N) is 1. The van der Waals surface area contributed by atoms with Crippen molar-refractivity contribution in [2.24, 2.45) is 34.5 Å². The van der Waals surface area contributed by atoms with Crippen molar-refractivity contribution in [1.29, 1.82) is 0 Å². The quantitative estimate of drug-likeness (QED) is 0.0981. The van der Waals surface area contributed by atoms with Crippen LogP contribution in [0.1, 0.15) is 93.9 Å². The number of fused-ring (bicyclic) bond motifs is 5. The van der Waals surface area contributed by atoms with E-state index < -0.39 is 0 Å². The number of esters is 1. The summed E-state index contributed by atoms with van der Waals surface area (Å²) in [6, 6.07) is 0. The van der Waals surface area contributed by atoms with Crippen molar-refractivity contribution in [3.63, 3.8) is 0 Å². The molecule has 0 amide bonds. The summed E-state index contributed by atoms with van der Waals surface area (Å²) in [5.41, 5.74) is 10.9. The Morgan fingerprint density at radius 2 is 0.744 bits per heavy atom. The molecule has 0 bridgehead atoms. The van der Waals surface area contributed by atoms with E-state index in [0.29, 0.717) is 29.2 Å². The predicted octanol–water partition coefficient (Wildman–Crippen LogP) is 21.6. The van der Waals surface area contributed by atoms with Crippen LogP contribution in [0.4, 0.5) is 0 Å². The molecule has 3 spiro atoms. The van der Waals surface area contributed by atoms with E-state index in [1.54, 1.807) is 291 Å². The molecular weight excluding hydrogens is 1090 g/mol. The van der Waals surface area contributed by atoms with E-state index in [-0.39, 0.29) is 39.3 Å². The number of ether oxygens (including phenoxy) is 1. The Balaban J connectivity index is 0.778. The van der Waals surface area contributed by atoms with Crippen LogP contribution < -0.4 is 0 Å². The number of allylic oxidation sites excluding steroid dienone is 1. The normalized spacial score (nSPS) is 33.0. The van der Waals surface area contributed by atoms with Gasteiger partial charge in [-0.3, -0.25) is 4.90 Å². The largest absolute Gasteiger partial charge is 0.458 e. The molecule has 28 aromatic carbocycles. The van der Waals surface area contributed by atoms with Gasteiger partial charge >= 0.3 is 5.97 Å². The monoisotopic (exact) mass is 1130 g/mol. The SMILES string of the molecule is CN1CC23c4c5c6c7c8c9c(c%10c%11c2c2c4c4c%12c5c5c6c6c8c8c%13c9c9c%10c%10c%11c%11c2c2c4c4c%12c%12c5c5c6c8c6c8c%13c9c9c%10c%10c%11c2c2c4c4c%12c5c6c5c8c9c%10c2c45)C73[C@@]12CC[C@@]1(C)[C@@H](CC[C@@H]3[C@@H]1CC[C@]1(C)[C@@H](OC(=O)C4=C=CC=C4)CC[C@@H]31)C2. The molecule has 8 atom stereocenters. The minimum absolute atomic E-state index is 0.00856. The van der Waals surface area contributed by atoms with Crippen molar-refractivity contribution in [3.8, 4) is 0 Å². The minimum Gasteiger partial charge on any atom is -0.458 e. The zero-order valence-electron chi connectivity index (χ0n) is 49.0. The predicted molar refractivity (Wildman–Crippen MR) is 372 cm³/mol. The average Bonchev–Trinajstić information content (AvgIpc) is 1.38. The van der Waals surface area contributed by atoms with Crippen LogP contribution in [0.2, 0.25) is 0 Å². The number of rotatable bonds is 2. The summed E-state index contributed by atoms with van der Waals surface area (Å²) >= 11 is 0. The molecular formula is C87H37NO2. The van der Waals surface area contributed by atoms with E-state index in [4.69, 9.17) is 4.74 Å². The van der Waals surface area contributed by atoms with E-state index in [9.17, 15) is 4.79 Å². The van der Waals surface area contributed by atoms with Crippen LogP contribution in [0.3, 0.4) is 0 Å². The summed E-state index contributed by atoms with van der Waals surface area (Å²) in [7, 11) is 2.75. The first-order chi connectivity index (χ1) is 44.3. The highest BCUT2D eigenvalue weighted by molar-refractivity contribution is 6.82. The lowest BCUT2D eigenvalue weighted by atomic mass is 9.38. The highest BCUT2D eigenvalue weighted by Gasteiger charge is 2.81. The van der Waals surface area contributed by atoms with Gasteiger partial charge in [-0.15, -0.1) is 5.73 Å². The van der Waals surface area contributed by atoms with Gasteiger partial charge in [0.1, 0.15) is 11.7 Å². The molecule has 90 heavy (non-hydrogen) atoms. The molecule has 0 unspecified atom stereocenters. The van der Waals surface area contributed by atoms with Crippen LogP contribution in [0, 0.1) is 34.5 Å². The molecule has 38 rings (SSSR count). The molecule has 28 aromatic rings.